The van der Waals surface area contributed by atoms with Crippen molar-refractivity contribution in [2.45, 2.75) is 6.54 Å². The lowest BCUT2D eigenvalue weighted by molar-refractivity contribution is -0.140. The quantitative estimate of drug-likeness (QED) is 0.360. The zero-order chi connectivity index (χ0) is 21.7. The molecule has 0 aromatic heterocycles. The fourth-order valence-corrected chi connectivity index (χ4v) is 3.04. The third-order valence-electron chi connectivity index (χ3n) is 4.51. The highest BCUT2D eigenvalue weighted by Crippen LogP contribution is 2.25. The lowest BCUT2D eigenvalue weighted by Gasteiger charge is -2.22. The van der Waals surface area contributed by atoms with Gasteiger partial charge >= 0.3 is 17.8 Å². The van der Waals surface area contributed by atoms with Gasteiger partial charge in [-0.1, -0.05) is 24.8 Å². The summed E-state index contributed by atoms with van der Waals surface area (Å²) in [6, 6.07) is 13.2. The summed E-state index contributed by atoms with van der Waals surface area (Å²) < 4.78 is 10.5. The van der Waals surface area contributed by atoms with Crippen LogP contribution >= 0.6 is 0 Å². The number of imide groups is 2. The van der Waals surface area contributed by atoms with Crippen molar-refractivity contribution < 1.29 is 23.9 Å². The number of carbonyl (C=O) groups excluding carboxylic acids is 3. The molecule has 0 atom stereocenters. The molecule has 1 saturated heterocycles. The Kier molecular flexibility index (Phi) is 6.48. The van der Waals surface area contributed by atoms with Gasteiger partial charge in [0.15, 0.2) is 0 Å². The highest BCUT2D eigenvalue weighted by molar-refractivity contribution is 6.52. The van der Waals surface area contributed by atoms with Gasteiger partial charge in [0.25, 0.3) is 0 Å². The number of carbonyl (C=O) groups is 3. The van der Waals surface area contributed by atoms with Gasteiger partial charge in [-0.05, 0) is 49.0 Å². The highest BCUT2D eigenvalue weighted by Gasteiger charge is 2.45. The molecule has 0 unspecified atom stereocenters. The molecule has 8 heteroatoms. The molecule has 0 radical (unpaired) electrons. The second kappa shape index (κ2) is 9.23. The lowest BCUT2D eigenvalue weighted by Crippen LogP contribution is -2.40. The number of methoxy groups -OCH3 is 1. The predicted octanol–water partition coefficient (Wildman–Crippen LogP) is 2.64. The van der Waals surface area contributed by atoms with Gasteiger partial charge in [-0.15, -0.1) is 0 Å². The van der Waals surface area contributed by atoms with E-state index in [-0.39, 0.29) is 6.67 Å². The van der Waals surface area contributed by atoms with Crippen LogP contribution in [0, 0.1) is 0 Å². The minimum atomic E-state index is -0.873. The second-order valence-corrected chi connectivity index (χ2v) is 6.75. The second-order valence-electron chi connectivity index (χ2n) is 6.75. The standard InChI is InChI=1S/C22H23N3O5/c1-4-13-30-19-9-5-16(6-10-19)14-23(2)15-24-20(26)21(27)25(22(24)28)17-7-11-18(29-3)12-8-17/h4-12H,1,13-15H2,2-3H3. The number of hydrogen-bond acceptors (Lipinski definition) is 6. The zero-order valence-corrected chi connectivity index (χ0v) is 16.9. The van der Waals surface area contributed by atoms with Crippen LogP contribution in [-0.2, 0) is 16.1 Å². The summed E-state index contributed by atoms with van der Waals surface area (Å²) in [6.45, 7) is 4.51. The van der Waals surface area contributed by atoms with E-state index >= 15 is 0 Å². The van der Waals surface area contributed by atoms with Crippen LogP contribution in [0.25, 0.3) is 0 Å². The van der Waals surface area contributed by atoms with Crippen LogP contribution in [0.3, 0.4) is 0 Å². The molecule has 4 amide bonds. The Hall–Kier alpha value is -3.65. The number of nitrogens with zero attached hydrogens (tertiary/aromatic N) is 3. The van der Waals surface area contributed by atoms with Crippen molar-refractivity contribution in [2.75, 3.05) is 32.3 Å². The van der Waals surface area contributed by atoms with Gasteiger partial charge in [-0.3, -0.25) is 14.5 Å². The summed E-state index contributed by atoms with van der Waals surface area (Å²) in [5.74, 6) is -0.410. The number of hydrogen-bond donors (Lipinski definition) is 0. The van der Waals surface area contributed by atoms with E-state index in [4.69, 9.17) is 9.47 Å². The van der Waals surface area contributed by atoms with E-state index in [2.05, 4.69) is 6.58 Å². The third-order valence-corrected chi connectivity index (χ3v) is 4.51. The van der Waals surface area contributed by atoms with Gasteiger partial charge in [0, 0.05) is 6.54 Å². The highest BCUT2D eigenvalue weighted by atomic mass is 16.5. The number of urea groups is 1. The van der Waals surface area contributed by atoms with E-state index in [0.29, 0.717) is 24.6 Å². The summed E-state index contributed by atoms with van der Waals surface area (Å²) in [4.78, 5) is 41.1. The van der Waals surface area contributed by atoms with E-state index in [9.17, 15) is 14.4 Å². The number of anilines is 1. The van der Waals surface area contributed by atoms with Crippen molar-refractivity contribution in [1.29, 1.82) is 0 Å². The van der Waals surface area contributed by atoms with Crippen molar-refractivity contribution in [3.63, 3.8) is 0 Å². The molecule has 0 spiro atoms. The first-order chi connectivity index (χ1) is 14.4. The van der Waals surface area contributed by atoms with Gasteiger partial charge in [0.1, 0.15) is 18.1 Å². The summed E-state index contributed by atoms with van der Waals surface area (Å²) in [6.07, 6.45) is 1.67. The summed E-state index contributed by atoms with van der Waals surface area (Å²) >= 11 is 0. The van der Waals surface area contributed by atoms with Crippen LogP contribution in [0.5, 0.6) is 11.5 Å². The fraction of sp³-hybridized carbons (Fsp3) is 0.227. The molecule has 1 heterocycles. The molecule has 2 aromatic carbocycles. The summed E-state index contributed by atoms with van der Waals surface area (Å²) in [5.41, 5.74) is 1.29. The molecule has 0 saturated carbocycles. The van der Waals surface area contributed by atoms with Crippen molar-refractivity contribution in [3.8, 4) is 11.5 Å². The van der Waals surface area contributed by atoms with E-state index < -0.39 is 17.8 Å². The monoisotopic (exact) mass is 409 g/mol. The zero-order valence-electron chi connectivity index (χ0n) is 16.9. The van der Waals surface area contributed by atoms with E-state index in [1.165, 1.54) is 7.11 Å². The molecule has 3 rings (SSSR count). The molecule has 0 bridgehead atoms. The molecule has 30 heavy (non-hydrogen) atoms. The molecule has 8 nitrogen and oxygen atoms in total. The van der Waals surface area contributed by atoms with Crippen LogP contribution in [-0.4, -0.2) is 55.1 Å². The first-order valence-electron chi connectivity index (χ1n) is 9.29. The average Bonchev–Trinajstić information content (AvgIpc) is 2.96. The van der Waals surface area contributed by atoms with Crippen LogP contribution in [0.4, 0.5) is 10.5 Å². The number of rotatable bonds is 9. The van der Waals surface area contributed by atoms with E-state index in [1.807, 2.05) is 24.3 Å². The summed E-state index contributed by atoms with van der Waals surface area (Å²) in [5, 5.41) is 0. The van der Waals surface area contributed by atoms with Gasteiger partial charge < -0.3 is 9.47 Å². The predicted molar refractivity (Wildman–Crippen MR) is 111 cm³/mol. The Morgan fingerprint density at radius 3 is 2.20 bits per heavy atom. The maximum atomic E-state index is 12.7. The minimum absolute atomic E-state index is 0.00915. The van der Waals surface area contributed by atoms with Gasteiger partial charge in [0.2, 0.25) is 0 Å². The molecule has 0 aliphatic carbocycles. The maximum Gasteiger partial charge on any atom is 0.340 e. The normalized spacial score (nSPS) is 13.9. The fourth-order valence-electron chi connectivity index (χ4n) is 3.04. The minimum Gasteiger partial charge on any atom is -0.497 e. The Morgan fingerprint density at radius 2 is 1.60 bits per heavy atom. The number of benzene rings is 2. The maximum absolute atomic E-state index is 12.7. The molecular weight excluding hydrogens is 386 g/mol. The molecule has 1 aliphatic heterocycles. The molecule has 2 aromatic rings. The van der Waals surface area contributed by atoms with Crippen LogP contribution in [0.1, 0.15) is 5.56 Å². The molecule has 0 N–H and O–H groups in total. The van der Waals surface area contributed by atoms with Gasteiger partial charge in [0.05, 0.1) is 19.5 Å². The van der Waals surface area contributed by atoms with Crippen molar-refractivity contribution in [3.05, 3.63) is 66.7 Å². The first kappa shape index (κ1) is 21.1. The van der Waals surface area contributed by atoms with Gasteiger partial charge in [-0.25, -0.2) is 14.6 Å². The Morgan fingerprint density at radius 1 is 0.967 bits per heavy atom. The van der Waals surface area contributed by atoms with Crippen molar-refractivity contribution in [1.82, 2.24) is 9.80 Å². The summed E-state index contributed by atoms with van der Waals surface area (Å²) in [7, 11) is 3.29. The van der Waals surface area contributed by atoms with Crippen LogP contribution in [0.15, 0.2) is 61.2 Å². The van der Waals surface area contributed by atoms with Gasteiger partial charge in [-0.2, -0.15) is 0 Å². The molecule has 1 aliphatic rings. The molecular formula is C22H23N3O5. The van der Waals surface area contributed by atoms with Crippen LogP contribution < -0.4 is 14.4 Å². The number of amides is 4. The van der Waals surface area contributed by atoms with Crippen molar-refractivity contribution >= 4 is 23.5 Å². The smallest absolute Gasteiger partial charge is 0.340 e. The average molecular weight is 409 g/mol. The SMILES string of the molecule is C=CCOc1ccc(CN(C)CN2C(=O)C(=O)N(c3ccc(OC)cc3)C2=O)cc1. The largest absolute Gasteiger partial charge is 0.497 e. The lowest BCUT2D eigenvalue weighted by atomic mass is 10.2. The Balaban J connectivity index is 1.65. The molecule has 156 valence electrons. The number of ether oxygens (including phenoxy) is 2. The Bertz CT molecular complexity index is 940. The van der Waals surface area contributed by atoms with Crippen LogP contribution in [0.2, 0.25) is 0 Å². The third kappa shape index (κ3) is 4.49. The molecule has 1 fully saturated rings. The van der Waals surface area contributed by atoms with Crippen molar-refractivity contribution in [2.24, 2.45) is 0 Å². The topological polar surface area (TPSA) is 79.4 Å². The van der Waals surface area contributed by atoms with E-state index in [0.717, 1.165) is 21.1 Å². The van der Waals surface area contributed by atoms with E-state index in [1.54, 1.807) is 42.3 Å². The Labute approximate surface area is 174 Å². The first-order valence-corrected chi connectivity index (χ1v) is 9.29.